The minimum atomic E-state index is 0.107. The molecule has 5 heterocycles. The van der Waals surface area contributed by atoms with Crippen LogP contribution in [0, 0.1) is 0 Å². The smallest absolute Gasteiger partial charge is 0.247 e. The van der Waals surface area contributed by atoms with Gasteiger partial charge in [0.15, 0.2) is 0 Å². The van der Waals surface area contributed by atoms with Crippen LogP contribution in [-0.4, -0.2) is 15.8 Å². The molecule has 0 amide bonds. The Morgan fingerprint density at radius 1 is 0.364 bits per heavy atom. The minimum Gasteiger partial charge on any atom is -0.455 e. The van der Waals surface area contributed by atoms with E-state index in [-0.39, 0.29) is 6.71 Å². The highest BCUT2D eigenvalue weighted by Crippen LogP contribution is 2.50. The standard InChI is InChI=1S/C60H35BN2OS2/c1-4-16-36(17-5-1)38-28-30-45-50(32-38)65-52-34-41(35-53-57(52)61(45)46-31-29-39(33-51(46)66-53)37-18-6-2-7-19-37)63-47-25-13-10-22-42(47)54-58-55(60-56(59(54)63)44-24-12-15-27-49(44)64-60)43-23-11-14-26-48(43)62(58)40-20-8-3-9-21-40/h1-35H. The first-order valence-electron chi connectivity index (χ1n) is 22.5. The molecule has 0 atom stereocenters. The highest BCUT2D eigenvalue weighted by molar-refractivity contribution is 8.01. The van der Waals surface area contributed by atoms with Crippen molar-refractivity contribution in [3.63, 3.8) is 0 Å². The molecule has 13 aromatic rings. The van der Waals surface area contributed by atoms with Gasteiger partial charge in [0.25, 0.3) is 0 Å². The summed E-state index contributed by atoms with van der Waals surface area (Å²) >= 11 is 3.84. The van der Waals surface area contributed by atoms with Crippen molar-refractivity contribution >= 4 is 112 Å². The summed E-state index contributed by atoms with van der Waals surface area (Å²) < 4.78 is 12.1. The Hall–Kier alpha value is -7.64. The lowest BCUT2D eigenvalue weighted by Crippen LogP contribution is -2.58. The number of benzene rings is 10. The van der Waals surface area contributed by atoms with Crippen LogP contribution in [0.15, 0.2) is 236 Å². The molecule has 2 aliphatic rings. The molecule has 0 spiro atoms. The Morgan fingerprint density at radius 2 is 0.833 bits per heavy atom. The largest absolute Gasteiger partial charge is 0.455 e. The molecule has 0 radical (unpaired) electrons. The number of hydrogen-bond acceptors (Lipinski definition) is 3. The van der Waals surface area contributed by atoms with Gasteiger partial charge >= 0.3 is 0 Å². The topological polar surface area (TPSA) is 23.0 Å². The van der Waals surface area contributed by atoms with E-state index < -0.39 is 0 Å². The van der Waals surface area contributed by atoms with Crippen LogP contribution in [0.1, 0.15) is 0 Å². The van der Waals surface area contributed by atoms with E-state index >= 15 is 0 Å². The molecule has 66 heavy (non-hydrogen) atoms. The summed E-state index contributed by atoms with van der Waals surface area (Å²) in [6, 6.07) is 78.1. The van der Waals surface area contributed by atoms with Crippen LogP contribution in [0.4, 0.5) is 0 Å². The first kappa shape index (κ1) is 36.7. The SMILES string of the molecule is c1ccc(-c2ccc3c(c2)Sc2cc(-n4c5ccccc5c5c6c(c7ccccc7n6-c6ccccc6)c6oc7ccccc7c6c54)cc4c2B3c2ccc(-c3ccccc3)cc2S4)cc1. The molecule has 2 aliphatic heterocycles. The van der Waals surface area contributed by atoms with Crippen LogP contribution in [0.25, 0.3) is 99.2 Å². The Balaban J connectivity index is 1.07. The second-order valence-corrected chi connectivity index (χ2v) is 19.7. The van der Waals surface area contributed by atoms with Crippen molar-refractivity contribution < 1.29 is 4.42 Å². The molecule has 10 aromatic carbocycles. The molecule has 0 fully saturated rings. The Morgan fingerprint density at radius 3 is 1.42 bits per heavy atom. The molecule has 0 unspecified atom stereocenters. The molecule has 15 rings (SSSR count). The number of hydrogen-bond donors (Lipinski definition) is 0. The molecule has 0 saturated carbocycles. The maximum atomic E-state index is 7.12. The lowest BCUT2D eigenvalue weighted by atomic mass is 9.36. The number of para-hydroxylation sites is 4. The molecule has 0 aliphatic carbocycles. The van der Waals surface area contributed by atoms with Gasteiger partial charge in [0.05, 0.1) is 32.8 Å². The maximum absolute atomic E-state index is 7.12. The fourth-order valence-electron chi connectivity index (χ4n) is 11.2. The second kappa shape index (κ2) is 13.9. The molecule has 6 heteroatoms. The normalized spacial score (nSPS) is 13.0. The highest BCUT2D eigenvalue weighted by atomic mass is 32.2. The molecule has 0 saturated heterocycles. The molecular formula is C60H35BN2OS2. The van der Waals surface area contributed by atoms with Crippen molar-refractivity contribution in [1.29, 1.82) is 0 Å². The third-order valence-electron chi connectivity index (χ3n) is 14.0. The van der Waals surface area contributed by atoms with Crippen molar-refractivity contribution in [1.82, 2.24) is 9.13 Å². The van der Waals surface area contributed by atoms with E-state index in [9.17, 15) is 0 Å². The van der Waals surface area contributed by atoms with Gasteiger partial charge in [-0.2, -0.15) is 0 Å². The maximum Gasteiger partial charge on any atom is 0.247 e. The van der Waals surface area contributed by atoms with Crippen molar-refractivity contribution in [3.05, 3.63) is 212 Å². The van der Waals surface area contributed by atoms with E-state index in [1.165, 1.54) is 79.9 Å². The summed E-state index contributed by atoms with van der Waals surface area (Å²) in [7, 11) is 0. The minimum absolute atomic E-state index is 0.107. The van der Waals surface area contributed by atoms with E-state index in [0.717, 1.165) is 55.2 Å². The summed E-state index contributed by atoms with van der Waals surface area (Å²) in [4.78, 5) is 5.21. The average Bonchev–Trinajstić information content (AvgIpc) is 4.05. The third kappa shape index (κ3) is 5.14. The molecule has 306 valence electrons. The number of fused-ring (bicyclic) bond motifs is 16. The Kier molecular flexibility index (Phi) is 7.74. The molecule has 3 nitrogen and oxygen atoms in total. The third-order valence-corrected chi connectivity index (χ3v) is 16.3. The summed E-state index contributed by atoms with van der Waals surface area (Å²) in [5.41, 5.74) is 17.8. The number of aromatic nitrogens is 2. The molecule has 0 N–H and O–H groups in total. The molecule has 3 aromatic heterocycles. The predicted octanol–water partition coefficient (Wildman–Crippen LogP) is 14.6. The van der Waals surface area contributed by atoms with Gasteiger partial charge in [-0.15, -0.1) is 0 Å². The summed E-state index contributed by atoms with van der Waals surface area (Å²) in [6.45, 7) is 0.107. The summed E-state index contributed by atoms with van der Waals surface area (Å²) in [5.74, 6) is 0. The fourth-order valence-corrected chi connectivity index (χ4v) is 13.8. The van der Waals surface area contributed by atoms with Crippen LogP contribution in [0.3, 0.4) is 0 Å². The van der Waals surface area contributed by atoms with Gasteiger partial charge in [-0.3, -0.25) is 0 Å². The van der Waals surface area contributed by atoms with E-state index in [2.05, 4.69) is 221 Å². The van der Waals surface area contributed by atoms with Gasteiger partial charge in [0, 0.05) is 52.5 Å². The van der Waals surface area contributed by atoms with Crippen molar-refractivity contribution in [3.8, 4) is 33.6 Å². The van der Waals surface area contributed by atoms with Crippen LogP contribution < -0.4 is 16.4 Å². The van der Waals surface area contributed by atoms with Crippen LogP contribution >= 0.6 is 23.5 Å². The average molecular weight is 875 g/mol. The zero-order valence-corrected chi connectivity index (χ0v) is 37.0. The first-order valence-corrected chi connectivity index (χ1v) is 24.2. The van der Waals surface area contributed by atoms with E-state index in [4.69, 9.17) is 4.42 Å². The van der Waals surface area contributed by atoms with Crippen molar-refractivity contribution in [2.75, 3.05) is 0 Å². The van der Waals surface area contributed by atoms with Gasteiger partial charge in [0.1, 0.15) is 11.2 Å². The Bertz CT molecular complexity index is 4060. The number of rotatable bonds is 4. The van der Waals surface area contributed by atoms with E-state index in [0.29, 0.717) is 0 Å². The lowest BCUT2D eigenvalue weighted by Gasteiger charge is -2.34. The van der Waals surface area contributed by atoms with Gasteiger partial charge in [-0.05, 0) is 82.3 Å². The molecule has 0 bridgehead atoms. The van der Waals surface area contributed by atoms with Crippen LogP contribution in [0.2, 0.25) is 0 Å². The van der Waals surface area contributed by atoms with Crippen LogP contribution in [-0.2, 0) is 0 Å². The monoisotopic (exact) mass is 874 g/mol. The zero-order chi connectivity index (χ0) is 43.0. The summed E-state index contributed by atoms with van der Waals surface area (Å²) in [6.07, 6.45) is 0. The van der Waals surface area contributed by atoms with Gasteiger partial charge in [0.2, 0.25) is 6.71 Å². The van der Waals surface area contributed by atoms with Crippen molar-refractivity contribution in [2.45, 2.75) is 19.6 Å². The molecular weight excluding hydrogens is 840 g/mol. The van der Waals surface area contributed by atoms with E-state index in [1.54, 1.807) is 0 Å². The lowest BCUT2D eigenvalue weighted by molar-refractivity contribution is 0.673. The fraction of sp³-hybridized carbons (Fsp3) is 0. The Labute approximate surface area is 389 Å². The van der Waals surface area contributed by atoms with Crippen molar-refractivity contribution in [2.24, 2.45) is 0 Å². The summed E-state index contributed by atoms with van der Waals surface area (Å²) in [5, 5.41) is 7.01. The number of nitrogens with zero attached hydrogens (tertiary/aromatic N) is 2. The quantitative estimate of drug-likeness (QED) is 0.165. The van der Waals surface area contributed by atoms with Crippen LogP contribution in [0.5, 0.6) is 0 Å². The first-order chi connectivity index (χ1) is 32.7. The van der Waals surface area contributed by atoms with E-state index in [1.807, 2.05) is 23.5 Å². The van der Waals surface area contributed by atoms with Gasteiger partial charge < -0.3 is 13.6 Å². The second-order valence-electron chi connectivity index (χ2n) is 17.5. The zero-order valence-electron chi connectivity index (χ0n) is 35.4. The van der Waals surface area contributed by atoms with Gasteiger partial charge in [-0.1, -0.05) is 192 Å². The predicted molar refractivity (Wildman–Crippen MR) is 279 cm³/mol. The van der Waals surface area contributed by atoms with Gasteiger partial charge in [-0.25, -0.2) is 0 Å². The number of furan rings is 1. The highest BCUT2D eigenvalue weighted by Gasteiger charge is 2.39.